The molecular formula is C29H27BrN4O3S2. The number of para-hydroxylation sites is 1. The number of nitrogens with zero attached hydrogens (tertiary/aromatic N) is 3. The molecule has 2 heterocycles. The largest absolute Gasteiger partial charge is 0.496 e. The predicted octanol–water partition coefficient (Wildman–Crippen LogP) is 6.27. The molecule has 5 rings (SSSR count). The molecule has 0 aliphatic carbocycles. The summed E-state index contributed by atoms with van der Waals surface area (Å²) in [5, 5.41) is 4.98. The van der Waals surface area contributed by atoms with Crippen molar-refractivity contribution in [1.82, 2.24) is 9.88 Å². The molecule has 0 spiro atoms. The van der Waals surface area contributed by atoms with E-state index in [-0.39, 0.29) is 17.6 Å². The molecule has 0 unspecified atom stereocenters. The van der Waals surface area contributed by atoms with Gasteiger partial charge in [-0.3, -0.25) is 9.59 Å². The van der Waals surface area contributed by atoms with Gasteiger partial charge in [0.2, 0.25) is 5.91 Å². The van der Waals surface area contributed by atoms with Crippen LogP contribution in [0, 0.1) is 0 Å². The summed E-state index contributed by atoms with van der Waals surface area (Å²) in [6.45, 7) is 2.73. The summed E-state index contributed by atoms with van der Waals surface area (Å²) >= 11 is 6.42. The molecule has 0 bridgehead atoms. The fraction of sp³-hybridized carbons (Fsp3) is 0.207. The molecule has 1 aliphatic heterocycles. The molecule has 39 heavy (non-hydrogen) atoms. The Balaban J connectivity index is 1.09. The van der Waals surface area contributed by atoms with Crippen LogP contribution in [0.5, 0.6) is 5.75 Å². The molecule has 7 nitrogen and oxygen atoms in total. The van der Waals surface area contributed by atoms with E-state index < -0.39 is 0 Å². The van der Waals surface area contributed by atoms with Crippen molar-refractivity contribution in [3.8, 4) is 17.0 Å². The predicted molar refractivity (Wildman–Crippen MR) is 162 cm³/mol. The monoisotopic (exact) mass is 622 g/mol. The number of thioether (sulfide) groups is 1. The topological polar surface area (TPSA) is 74.8 Å². The summed E-state index contributed by atoms with van der Waals surface area (Å²) in [5.74, 6) is 0.803. The molecule has 4 aromatic rings. The van der Waals surface area contributed by atoms with Crippen LogP contribution >= 0.6 is 39.0 Å². The van der Waals surface area contributed by atoms with Gasteiger partial charge in [0.1, 0.15) is 5.75 Å². The number of thiazole rings is 1. The number of amides is 2. The number of nitrogens with one attached hydrogen (secondary N) is 1. The van der Waals surface area contributed by atoms with Crippen molar-refractivity contribution >= 4 is 62.2 Å². The third-order valence-electron chi connectivity index (χ3n) is 6.37. The Morgan fingerprint density at radius 2 is 1.72 bits per heavy atom. The third-order valence-corrected chi connectivity index (χ3v) is 8.92. The summed E-state index contributed by atoms with van der Waals surface area (Å²) in [6, 6.07) is 23.2. The zero-order valence-corrected chi connectivity index (χ0v) is 24.5. The number of hydrogen-bond acceptors (Lipinski definition) is 7. The highest BCUT2D eigenvalue weighted by Crippen LogP contribution is 2.29. The first-order valence-electron chi connectivity index (χ1n) is 12.4. The summed E-state index contributed by atoms with van der Waals surface area (Å²) < 4.78 is 7.24. The number of rotatable bonds is 8. The van der Waals surface area contributed by atoms with E-state index in [0.717, 1.165) is 44.5 Å². The van der Waals surface area contributed by atoms with E-state index in [1.165, 1.54) is 11.8 Å². The molecule has 1 fully saturated rings. The van der Waals surface area contributed by atoms with E-state index >= 15 is 0 Å². The van der Waals surface area contributed by atoms with Crippen LogP contribution in [0.4, 0.5) is 11.4 Å². The maximum absolute atomic E-state index is 13.0. The lowest BCUT2D eigenvalue weighted by Crippen LogP contribution is -2.48. The number of piperazine rings is 1. The van der Waals surface area contributed by atoms with Gasteiger partial charge < -0.3 is 19.9 Å². The summed E-state index contributed by atoms with van der Waals surface area (Å²) in [4.78, 5) is 34.3. The van der Waals surface area contributed by atoms with Gasteiger partial charge in [-0.1, -0.05) is 52.0 Å². The van der Waals surface area contributed by atoms with Gasteiger partial charge in [0.05, 0.1) is 24.1 Å². The summed E-state index contributed by atoms with van der Waals surface area (Å²) in [6.07, 6.45) is 0. The van der Waals surface area contributed by atoms with E-state index in [2.05, 4.69) is 31.1 Å². The number of halogens is 1. The van der Waals surface area contributed by atoms with Gasteiger partial charge in [0.25, 0.3) is 5.91 Å². The van der Waals surface area contributed by atoms with Crippen LogP contribution in [-0.4, -0.2) is 60.7 Å². The molecule has 1 N–H and O–H groups in total. The highest BCUT2D eigenvalue weighted by molar-refractivity contribution is 9.10. The minimum atomic E-state index is -0.0726. The zero-order valence-electron chi connectivity index (χ0n) is 21.3. The highest BCUT2D eigenvalue weighted by atomic mass is 79.9. The standard InChI is InChI=1S/C29H27BrN4O3S2/c1-37-26-5-3-2-4-24(26)28(36)34-16-14-33(15-17-34)23-12-10-22(11-13-23)31-27(35)19-39-29-32-25(18-38-29)20-6-8-21(30)9-7-20/h2-13,18H,14-17,19H2,1H3,(H,31,35). The second-order valence-corrected chi connectivity index (χ2v) is 11.9. The number of hydrogen-bond donors (Lipinski definition) is 1. The molecule has 2 amide bonds. The Bertz CT molecular complexity index is 1440. The van der Waals surface area contributed by atoms with E-state index in [1.54, 1.807) is 24.5 Å². The molecule has 0 atom stereocenters. The average molecular weight is 624 g/mol. The first-order chi connectivity index (χ1) is 19.0. The number of benzene rings is 3. The van der Waals surface area contributed by atoms with Crippen LogP contribution in [0.2, 0.25) is 0 Å². The molecule has 0 radical (unpaired) electrons. The molecule has 1 saturated heterocycles. The fourth-order valence-electron chi connectivity index (χ4n) is 4.32. The smallest absolute Gasteiger partial charge is 0.257 e. The number of ether oxygens (including phenoxy) is 1. The molecular weight excluding hydrogens is 596 g/mol. The summed E-state index contributed by atoms with van der Waals surface area (Å²) in [5.41, 5.74) is 4.37. The van der Waals surface area contributed by atoms with Crippen LogP contribution in [0.25, 0.3) is 11.3 Å². The Morgan fingerprint density at radius 1 is 1.00 bits per heavy atom. The van der Waals surface area contributed by atoms with Crippen LogP contribution in [0.15, 0.2) is 87.0 Å². The molecule has 3 aromatic carbocycles. The second kappa shape index (κ2) is 12.7. The van der Waals surface area contributed by atoms with Crippen molar-refractivity contribution in [2.75, 3.05) is 49.3 Å². The van der Waals surface area contributed by atoms with Crippen molar-refractivity contribution in [1.29, 1.82) is 0 Å². The van der Waals surface area contributed by atoms with Crippen molar-refractivity contribution in [3.63, 3.8) is 0 Å². The fourth-order valence-corrected chi connectivity index (χ4v) is 6.22. The van der Waals surface area contributed by atoms with Gasteiger partial charge in [-0.05, 0) is 48.5 Å². The van der Waals surface area contributed by atoms with Crippen molar-refractivity contribution in [2.45, 2.75) is 4.34 Å². The van der Waals surface area contributed by atoms with Crippen molar-refractivity contribution in [3.05, 3.63) is 88.2 Å². The quantitative estimate of drug-likeness (QED) is 0.233. The maximum Gasteiger partial charge on any atom is 0.257 e. The lowest BCUT2D eigenvalue weighted by atomic mass is 10.1. The minimum Gasteiger partial charge on any atom is -0.496 e. The molecule has 1 aliphatic rings. The normalized spacial score (nSPS) is 13.3. The Kier molecular flexibility index (Phi) is 8.85. The third kappa shape index (κ3) is 6.81. The Hall–Kier alpha value is -3.34. The van der Waals surface area contributed by atoms with Crippen molar-refractivity contribution in [2.24, 2.45) is 0 Å². The average Bonchev–Trinajstić information content (AvgIpc) is 3.46. The van der Waals surface area contributed by atoms with E-state index in [1.807, 2.05) is 77.0 Å². The lowest BCUT2D eigenvalue weighted by molar-refractivity contribution is -0.113. The maximum atomic E-state index is 13.0. The zero-order chi connectivity index (χ0) is 27.2. The molecule has 1 aromatic heterocycles. The van der Waals surface area contributed by atoms with E-state index in [0.29, 0.717) is 24.4 Å². The Morgan fingerprint density at radius 3 is 2.44 bits per heavy atom. The minimum absolute atomic E-state index is 0.00897. The highest BCUT2D eigenvalue weighted by Gasteiger charge is 2.24. The number of methoxy groups -OCH3 is 1. The summed E-state index contributed by atoms with van der Waals surface area (Å²) in [7, 11) is 1.58. The molecule has 200 valence electrons. The van der Waals surface area contributed by atoms with E-state index in [9.17, 15) is 9.59 Å². The van der Waals surface area contributed by atoms with E-state index in [4.69, 9.17) is 4.74 Å². The van der Waals surface area contributed by atoms with Gasteiger partial charge in [-0.15, -0.1) is 11.3 Å². The number of carbonyl (C=O) groups excluding carboxylic acids is 2. The van der Waals surface area contributed by atoms with Gasteiger partial charge in [0.15, 0.2) is 4.34 Å². The number of aromatic nitrogens is 1. The van der Waals surface area contributed by atoms with Crippen LogP contribution in [0.3, 0.4) is 0 Å². The first kappa shape index (κ1) is 27.2. The molecule has 10 heteroatoms. The van der Waals surface area contributed by atoms with Crippen molar-refractivity contribution < 1.29 is 14.3 Å². The first-order valence-corrected chi connectivity index (χ1v) is 15.1. The van der Waals surface area contributed by atoms with Crippen LogP contribution in [-0.2, 0) is 4.79 Å². The van der Waals surface area contributed by atoms with Crippen LogP contribution < -0.4 is 15.0 Å². The van der Waals surface area contributed by atoms with Gasteiger partial charge in [0, 0.05) is 53.0 Å². The Labute approximate surface area is 244 Å². The SMILES string of the molecule is COc1ccccc1C(=O)N1CCN(c2ccc(NC(=O)CSc3nc(-c4ccc(Br)cc4)cs3)cc2)CC1. The lowest BCUT2D eigenvalue weighted by Gasteiger charge is -2.36. The van der Waals surface area contributed by atoms with Gasteiger partial charge in [-0.2, -0.15) is 0 Å². The number of carbonyl (C=O) groups is 2. The van der Waals surface area contributed by atoms with Crippen LogP contribution in [0.1, 0.15) is 10.4 Å². The number of anilines is 2. The second-order valence-electron chi connectivity index (χ2n) is 8.87. The van der Waals surface area contributed by atoms with Gasteiger partial charge >= 0.3 is 0 Å². The van der Waals surface area contributed by atoms with Gasteiger partial charge in [-0.25, -0.2) is 4.98 Å². The molecule has 0 saturated carbocycles.